The number of aromatic nitrogens is 3. The lowest BCUT2D eigenvalue weighted by molar-refractivity contribution is -0.116. The van der Waals surface area contributed by atoms with Gasteiger partial charge in [-0.3, -0.25) is 24.3 Å². The van der Waals surface area contributed by atoms with Crippen LogP contribution in [0.15, 0.2) is 39.9 Å². The fraction of sp³-hybridized carbons (Fsp3) is 0.100. The highest BCUT2D eigenvalue weighted by molar-refractivity contribution is 6.37. The summed E-state index contributed by atoms with van der Waals surface area (Å²) < 4.78 is 6.59. The van der Waals surface area contributed by atoms with Crippen molar-refractivity contribution in [2.75, 3.05) is 6.54 Å². The molecule has 2 aromatic carbocycles. The second-order valence-corrected chi connectivity index (χ2v) is 7.46. The Morgan fingerprint density at radius 2 is 1.88 bits per heavy atom. The number of aromatic amines is 1. The van der Waals surface area contributed by atoms with Crippen molar-refractivity contribution in [2.24, 2.45) is 0 Å². The number of halogens is 2. The summed E-state index contributed by atoms with van der Waals surface area (Å²) in [5.41, 5.74) is -1.07. The van der Waals surface area contributed by atoms with Crippen molar-refractivity contribution in [1.82, 2.24) is 19.7 Å². The van der Waals surface area contributed by atoms with Gasteiger partial charge in [0.05, 0.1) is 15.7 Å². The van der Waals surface area contributed by atoms with Crippen LogP contribution in [-0.2, 0) is 11.2 Å². The largest absolute Gasteiger partial charge is 0.454 e. The van der Waals surface area contributed by atoms with Crippen molar-refractivity contribution < 1.29 is 14.3 Å². The Morgan fingerprint density at radius 1 is 1.16 bits per heavy atom. The molecule has 10 nitrogen and oxygen atoms in total. The Hall–Kier alpha value is -3.94. The Kier molecular flexibility index (Phi) is 5.52. The average Bonchev–Trinajstić information content (AvgIpc) is 2.76. The van der Waals surface area contributed by atoms with Gasteiger partial charge in [0.2, 0.25) is 12.1 Å². The summed E-state index contributed by atoms with van der Waals surface area (Å²) in [6, 6.07) is 9.00. The summed E-state index contributed by atoms with van der Waals surface area (Å²) in [5, 5.41) is 12.7. The van der Waals surface area contributed by atoms with Gasteiger partial charge in [-0.1, -0.05) is 23.2 Å². The van der Waals surface area contributed by atoms with Crippen LogP contribution < -0.4 is 16.0 Å². The van der Waals surface area contributed by atoms with E-state index in [1.54, 1.807) is 24.3 Å². The number of carbonyl (C=O) groups excluding carboxylic acids is 2. The summed E-state index contributed by atoms with van der Waals surface area (Å²) in [5.74, 6) is 0.0641. The van der Waals surface area contributed by atoms with Crippen molar-refractivity contribution in [2.45, 2.75) is 6.42 Å². The predicted octanol–water partition coefficient (Wildman–Crippen LogP) is 2.05. The molecule has 1 aromatic heterocycles. The van der Waals surface area contributed by atoms with Crippen LogP contribution in [0, 0.1) is 11.3 Å². The molecule has 2 amide bonds. The molecule has 32 heavy (non-hydrogen) atoms. The molecule has 0 saturated heterocycles. The van der Waals surface area contributed by atoms with Gasteiger partial charge in [-0.05, 0) is 42.3 Å². The van der Waals surface area contributed by atoms with Gasteiger partial charge in [0.15, 0.2) is 5.75 Å². The van der Waals surface area contributed by atoms with Crippen molar-refractivity contribution >= 4 is 35.5 Å². The molecule has 3 aromatic rings. The molecule has 0 unspecified atom stereocenters. The number of carbonyl (C=O) groups is 2. The van der Waals surface area contributed by atoms with Gasteiger partial charge in [0.1, 0.15) is 11.8 Å². The van der Waals surface area contributed by atoms with Gasteiger partial charge < -0.3 is 4.74 Å². The molecule has 0 spiro atoms. The van der Waals surface area contributed by atoms with Crippen LogP contribution in [0.4, 0.5) is 0 Å². The summed E-state index contributed by atoms with van der Waals surface area (Å²) in [6.45, 7) is 0.264. The highest BCUT2D eigenvalue weighted by Gasteiger charge is 2.24. The molecule has 0 fully saturated rings. The third-order valence-electron chi connectivity index (χ3n) is 4.70. The quantitative estimate of drug-likeness (QED) is 0.574. The number of benzene rings is 2. The third-order valence-corrected chi connectivity index (χ3v) is 5.26. The maximum Gasteiger partial charge on any atom is 0.349 e. The third kappa shape index (κ3) is 3.75. The smallest absolute Gasteiger partial charge is 0.349 e. The Labute approximate surface area is 189 Å². The first-order chi connectivity index (χ1) is 15.3. The van der Waals surface area contributed by atoms with Crippen LogP contribution >= 0.6 is 23.2 Å². The molecule has 0 bridgehead atoms. The van der Waals surface area contributed by atoms with Gasteiger partial charge in [-0.25, -0.2) is 4.79 Å². The molecule has 1 aliphatic rings. The van der Waals surface area contributed by atoms with Crippen molar-refractivity contribution in [3.05, 3.63) is 78.0 Å². The van der Waals surface area contributed by atoms with E-state index in [1.165, 1.54) is 12.1 Å². The van der Waals surface area contributed by atoms with Gasteiger partial charge in [-0.2, -0.15) is 9.94 Å². The molecule has 4 rings (SSSR count). The van der Waals surface area contributed by atoms with E-state index in [9.17, 15) is 19.2 Å². The second-order valence-electron chi connectivity index (χ2n) is 6.65. The minimum absolute atomic E-state index is 0.0341. The number of imide groups is 1. The van der Waals surface area contributed by atoms with E-state index in [1.807, 2.05) is 4.98 Å². The van der Waals surface area contributed by atoms with E-state index in [-0.39, 0.29) is 33.9 Å². The molecule has 0 aliphatic carbocycles. The van der Waals surface area contributed by atoms with E-state index >= 15 is 0 Å². The minimum Gasteiger partial charge on any atom is -0.454 e. The Bertz CT molecular complexity index is 1420. The van der Waals surface area contributed by atoms with Gasteiger partial charge in [0, 0.05) is 12.1 Å². The van der Waals surface area contributed by atoms with E-state index < -0.39 is 16.9 Å². The number of hydrogen-bond acceptors (Lipinski definition) is 7. The second kappa shape index (κ2) is 8.30. The summed E-state index contributed by atoms with van der Waals surface area (Å²) in [4.78, 5) is 49.9. The number of ether oxygens (including phenoxy) is 1. The van der Waals surface area contributed by atoms with Crippen LogP contribution in [0.2, 0.25) is 10.0 Å². The molecule has 0 radical (unpaired) electrons. The zero-order valence-corrected chi connectivity index (χ0v) is 17.5. The molecule has 12 heteroatoms. The van der Waals surface area contributed by atoms with Crippen molar-refractivity contribution in [1.29, 1.82) is 5.26 Å². The highest BCUT2D eigenvalue weighted by Crippen LogP contribution is 2.38. The average molecular weight is 472 g/mol. The number of nitrogens with zero attached hydrogens (tertiary/aromatic N) is 4. The van der Waals surface area contributed by atoms with Crippen LogP contribution in [0.5, 0.6) is 11.5 Å². The maximum atomic E-state index is 12.2. The lowest BCUT2D eigenvalue weighted by atomic mass is 9.99. The lowest BCUT2D eigenvalue weighted by Crippen LogP contribution is -2.36. The zero-order chi connectivity index (χ0) is 23.0. The first-order valence-electron chi connectivity index (χ1n) is 9.02. The number of nitrogens with one attached hydrogen (secondary N) is 1. The standard InChI is InChI=1S/C20H11Cl2N5O5/c21-14-6-11(27-20(31)24-18(29)16(8-23)25-27)7-15(22)17(14)32-12-1-2-13-10(5-12)3-4-26(9-28)19(13)30/h1-2,5-7,9H,3-4H2,(H,24,29,31). The SMILES string of the molecule is N#Cc1nn(-c2cc(Cl)c(Oc3ccc4c(c3)CCN(C=O)C4=O)c(Cl)c2)c(=O)[nH]c1=O. The van der Waals surface area contributed by atoms with Crippen LogP contribution in [0.3, 0.4) is 0 Å². The van der Waals surface area contributed by atoms with Crippen molar-refractivity contribution in [3.8, 4) is 23.3 Å². The predicted molar refractivity (Wildman–Crippen MR) is 113 cm³/mol. The lowest BCUT2D eigenvalue weighted by Gasteiger charge is -2.23. The summed E-state index contributed by atoms with van der Waals surface area (Å²) >= 11 is 12.6. The zero-order valence-electron chi connectivity index (χ0n) is 16.0. The van der Waals surface area contributed by atoms with E-state index in [4.69, 9.17) is 33.2 Å². The molecule has 160 valence electrons. The van der Waals surface area contributed by atoms with E-state index in [0.29, 0.717) is 29.7 Å². The Balaban J connectivity index is 1.68. The number of amides is 2. The highest BCUT2D eigenvalue weighted by atomic mass is 35.5. The fourth-order valence-electron chi connectivity index (χ4n) is 3.18. The van der Waals surface area contributed by atoms with Crippen molar-refractivity contribution in [3.63, 3.8) is 0 Å². The number of fused-ring (bicyclic) bond motifs is 1. The van der Waals surface area contributed by atoms with Gasteiger partial charge >= 0.3 is 5.69 Å². The van der Waals surface area contributed by atoms with Gasteiger partial charge in [-0.15, -0.1) is 5.10 Å². The topological polar surface area (TPSA) is 138 Å². The van der Waals surface area contributed by atoms with Crippen LogP contribution in [0.25, 0.3) is 5.69 Å². The maximum absolute atomic E-state index is 12.2. The first kappa shape index (κ1) is 21.3. The van der Waals surface area contributed by atoms with Crippen LogP contribution in [-0.4, -0.2) is 38.5 Å². The molecule has 2 heterocycles. The monoisotopic (exact) mass is 471 g/mol. The number of hydrogen-bond donors (Lipinski definition) is 1. The summed E-state index contributed by atoms with van der Waals surface area (Å²) in [6.07, 6.45) is 0.971. The molecule has 0 saturated carbocycles. The molecular formula is C20H11Cl2N5O5. The molecule has 1 N–H and O–H groups in total. The number of H-pyrrole nitrogens is 1. The minimum atomic E-state index is -0.909. The summed E-state index contributed by atoms with van der Waals surface area (Å²) in [7, 11) is 0. The Morgan fingerprint density at radius 3 is 2.53 bits per heavy atom. The normalized spacial score (nSPS) is 12.8. The molecular weight excluding hydrogens is 461 g/mol. The van der Waals surface area contributed by atoms with E-state index in [0.717, 1.165) is 9.58 Å². The number of nitriles is 1. The van der Waals surface area contributed by atoms with Crippen LogP contribution in [0.1, 0.15) is 21.6 Å². The molecule has 0 atom stereocenters. The molecule has 1 aliphatic heterocycles. The van der Waals surface area contributed by atoms with Gasteiger partial charge in [0.25, 0.3) is 11.5 Å². The first-order valence-corrected chi connectivity index (χ1v) is 9.78. The fourth-order valence-corrected chi connectivity index (χ4v) is 3.73. The number of rotatable bonds is 4. The van der Waals surface area contributed by atoms with E-state index in [2.05, 4.69) is 5.10 Å².